The van der Waals surface area contributed by atoms with Crippen molar-refractivity contribution in [3.05, 3.63) is 87.3 Å². The number of pyridine rings is 1. The van der Waals surface area contributed by atoms with Crippen LogP contribution in [0.1, 0.15) is 46.3 Å². The van der Waals surface area contributed by atoms with Gasteiger partial charge in [-0.3, -0.25) is 9.59 Å². The van der Waals surface area contributed by atoms with E-state index in [0.29, 0.717) is 24.3 Å². The smallest absolute Gasteiger partial charge is 0.343 e. The van der Waals surface area contributed by atoms with E-state index >= 15 is 0 Å². The van der Waals surface area contributed by atoms with E-state index in [9.17, 15) is 19.5 Å². The number of nitrogens with one attached hydrogen (secondary N) is 2. The summed E-state index contributed by atoms with van der Waals surface area (Å²) in [4.78, 5) is 40.5. The van der Waals surface area contributed by atoms with E-state index in [-0.39, 0.29) is 30.1 Å². The molecule has 0 bridgehead atoms. The number of rotatable bonds is 11. The summed E-state index contributed by atoms with van der Waals surface area (Å²) in [6, 6.07) is 14.4. The number of methoxy groups -OCH3 is 2. The Hall–Kier alpha value is -4.27. The number of amides is 1. The number of hydrogen-bond acceptors (Lipinski definition) is 7. The number of aromatic nitrogens is 1. The maximum absolute atomic E-state index is 12.9. The molecular formula is C27H30N2O7. The van der Waals surface area contributed by atoms with Crippen LogP contribution in [0.5, 0.6) is 17.2 Å². The van der Waals surface area contributed by atoms with Crippen LogP contribution < -0.4 is 20.3 Å². The molecule has 190 valence electrons. The molecule has 0 saturated heterocycles. The van der Waals surface area contributed by atoms with Crippen LogP contribution in [0.2, 0.25) is 0 Å². The quantitative estimate of drug-likeness (QED) is 0.350. The Morgan fingerprint density at radius 1 is 1.00 bits per heavy atom. The van der Waals surface area contributed by atoms with Gasteiger partial charge in [0.05, 0.1) is 26.4 Å². The Morgan fingerprint density at radius 2 is 1.61 bits per heavy atom. The summed E-state index contributed by atoms with van der Waals surface area (Å²) in [5, 5.41) is 13.8. The summed E-state index contributed by atoms with van der Waals surface area (Å²) in [5.74, 6) is -1.08. The summed E-state index contributed by atoms with van der Waals surface area (Å²) >= 11 is 0. The molecule has 0 spiro atoms. The van der Waals surface area contributed by atoms with Crippen molar-refractivity contribution in [3.63, 3.8) is 0 Å². The van der Waals surface area contributed by atoms with E-state index in [0.717, 1.165) is 17.5 Å². The van der Waals surface area contributed by atoms with Crippen molar-refractivity contribution in [3.8, 4) is 17.2 Å². The summed E-state index contributed by atoms with van der Waals surface area (Å²) in [5.41, 5.74) is 0.759. The first kappa shape index (κ1) is 26.3. The van der Waals surface area contributed by atoms with Crippen LogP contribution in [0.25, 0.3) is 0 Å². The molecule has 0 saturated carbocycles. The Balaban J connectivity index is 1.85. The number of carbonyl (C=O) groups excluding carboxylic acids is 2. The van der Waals surface area contributed by atoms with Gasteiger partial charge in [0.25, 0.3) is 5.56 Å². The van der Waals surface area contributed by atoms with Gasteiger partial charge in [0.1, 0.15) is 22.8 Å². The van der Waals surface area contributed by atoms with Gasteiger partial charge in [0.15, 0.2) is 0 Å². The minimum absolute atomic E-state index is 0.0870. The lowest BCUT2D eigenvalue weighted by Crippen LogP contribution is -2.29. The second-order valence-corrected chi connectivity index (χ2v) is 7.99. The fourth-order valence-electron chi connectivity index (χ4n) is 3.84. The van der Waals surface area contributed by atoms with Gasteiger partial charge in [-0.2, -0.15) is 0 Å². The SMILES string of the molecule is CCOC(=O)c1c[nH]c(=O)c([C@@H](CC(=O)NCCc2ccc(OC)cc2)c2ccc(OC)cc2)c1O. The zero-order chi connectivity index (χ0) is 26.1. The van der Waals surface area contributed by atoms with Gasteiger partial charge < -0.3 is 29.6 Å². The largest absolute Gasteiger partial charge is 0.506 e. The summed E-state index contributed by atoms with van der Waals surface area (Å²) in [7, 11) is 3.13. The normalized spacial score (nSPS) is 11.4. The number of benzene rings is 2. The van der Waals surface area contributed by atoms with E-state index < -0.39 is 23.2 Å². The third kappa shape index (κ3) is 6.44. The lowest BCUT2D eigenvalue weighted by molar-refractivity contribution is -0.121. The Kier molecular flexibility index (Phi) is 9.10. The molecule has 3 aromatic rings. The van der Waals surface area contributed by atoms with Crippen molar-refractivity contribution in [2.45, 2.75) is 25.7 Å². The topological polar surface area (TPSA) is 127 Å². The van der Waals surface area contributed by atoms with Gasteiger partial charge in [-0.05, 0) is 48.7 Å². The molecule has 1 heterocycles. The molecular weight excluding hydrogens is 464 g/mol. The second-order valence-electron chi connectivity index (χ2n) is 7.99. The van der Waals surface area contributed by atoms with Gasteiger partial charge >= 0.3 is 5.97 Å². The van der Waals surface area contributed by atoms with E-state index in [1.54, 1.807) is 38.3 Å². The molecule has 1 amide bonds. The van der Waals surface area contributed by atoms with Crippen LogP contribution in [0.15, 0.2) is 59.5 Å². The second kappa shape index (κ2) is 12.4. The molecule has 0 aliphatic carbocycles. The van der Waals surface area contributed by atoms with Gasteiger partial charge in [-0.25, -0.2) is 4.79 Å². The average Bonchev–Trinajstić information content (AvgIpc) is 2.88. The van der Waals surface area contributed by atoms with Crippen LogP contribution in [0.3, 0.4) is 0 Å². The highest BCUT2D eigenvalue weighted by Gasteiger charge is 2.28. The molecule has 9 heteroatoms. The molecule has 0 aliphatic rings. The number of carbonyl (C=O) groups is 2. The van der Waals surface area contributed by atoms with Crippen molar-refractivity contribution >= 4 is 11.9 Å². The standard InChI is InChI=1S/C27H30N2O7/c1-4-36-27(33)22-16-29-26(32)24(25(22)31)21(18-7-11-20(35-3)12-8-18)15-23(30)28-14-13-17-5-9-19(34-2)10-6-17/h5-12,16,21H,4,13-15H2,1-3H3,(H,28,30)(H2,29,31,32)/t21-/m0/s1. The van der Waals surface area contributed by atoms with E-state index in [4.69, 9.17) is 14.2 Å². The van der Waals surface area contributed by atoms with Gasteiger partial charge in [-0.15, -0.1) is 0 Å². The van der Waals surface area contributed by atoms with Crippen LogP contribution >= 0.6 is 0 Å². The third-order valence-corrected chi connectivity index (χ3v) is 5.75. The molecule has 2 aromatic carbocycles. The van der Waals surface area contributed by atoms with Crippen LogP contribution in [-0.2, 0) is 16.0 Å². The minimum Gasteiger partial charge on any atom is -0.506 e. The molecule has 1 aromatic heterocycles. The molecule has 0 fully saturated rings. The van der Waals surface area contributed by atoms with Gasteiger partial charge in [0.2, 0.25) is 5.91 Å². The highest BCUT2D eigenvalue weighted by molar-refractivity contribution is 5.92. The Morgan fingerprint density at radius 3 is 2.19 bits per heavy atom. The first-order valence-corrected chi connectivity index (χ1v) is 11.5. The molecule has 0 radical (unpaired) electrons. The van der Waals surface area contributed by atoms with Crippen LogP contribution in [-0.4, -0.2) is 49.3 Å². The third-order valence-electron chi connectivity index (χ3n) is 5.75. The highest BCUT2D eigenvalue weighted by atomic mass is 16.5. The lowest BCUT2D eigenvalue weighted by Gasteiger charge is -2.19. The Labute approximate surface area is 209 Å². The maximum Gasteiger partial charge on any atom is 0.343 e. The molecule has 36 heavy (non-hydrogen) atoms. The average molecular weight is 495 g/mol. The van der Waals surface area contributed by atoms with Crippen molar-refractivity contribution in [1.82, 2.24) is 10.3 Å². The molecule has 3 N–H and O–H groups in total. The number of hydrogen-bond donors (Lipinski definition) is 3. The number of ether oxygens (including phenoxy) is 3. The predicted octanol–water partition coefficient (Wildman–Crippen LogP) is 3.16. The molecule has 1 atom stereocenters. The van der Waals surface area contributed by atoms with Crippen LogP contribution in [0.4, 0.5) is 0 Å². The lowest BCUT2D eigenvalue weighted by atomic mass is 9.87. The fraction of sp³-hybridized carbons (Fsp3) is 0.296. The first-order valence-electron chi connectivity index (χ1n) is 11.5. The predicted molar refractivity (Wildman–Crippen MR) is 134 cm³/mol. The highest BCUT2D eigenvalue weighted by Crippen LogP contribution is 2.34. The minimum atomic E-state index is -0.824. The number of H-pyrrole nitrogens is 1. The van der Waals surface area contributed by atoms with Gasteiger partial charge in [-0.1, -0.05) is 24.3 Å². The summed E-state index contributed by atoms with van der Waals surface area (Å²) in [6.45, 7) is 2.12. The molecule has 0 aliphatic heterocycles. The van der Waals surface area contributed by atoms with Gasteiger partial charge in [0, 0.05) is 25.1 Å². The van der Waals surface area contributed by atoms with Crippen molar-refractivity contribution in [2.75, 3.05) is 27.4 Å². The van der Waals surface area contributed by atoms with E-state index in [1.165, 1.54) is 7.11 Å². The van der Waals surface area contributed by atoms with Crippen molar-refractivity contribution in [1.29, 1.82) is 0 Å². The number of aromatic amines is 1. The van der Waals surface area contributed by atoms with Crippen molar-refractivity contribution in [2.24, 2.45) is 0 Å². The van der Waals surface area contributed by atoms with Crippen LogP contribution in [0, 0.1) is 0 Å². The number of esters is 1. The summed E-state index contributed by atoms with van der Waals surface area (Å²) < 4.78 is 15.3. The van der Waals surface area contributed by atoms with E-state index in [2.05, 4.69) is 10.3 Å². The molecule has 0 unspecified atom stereocenters. The first-order chi connectivity index (χ1) is 17.4. The Bertz CT molecular complexity index is 1230. The zero-order valence-electron chi connectivity index (χ0n) is 20.5. The maximum atomic E-state index is 12.9. The number of aromatic hydroxyl groups is 1. The van der Waals surface area contributed by atoms with Crippen molar-refractivity contribution < 1.29 is 28.9 Å². The summed E-state index contributed by atoms with van der Waals surface area (Å²) in [6.07, 6.45) is 1.59. The zero-order valence-corrected chi connectivity index (χ0v) is 20.5. The van der Waals surface area contributed by atoms with E-state index in [1.807, 2.05) is 24.3 Å². The molecule has 9 nitrogen and oxygen atoms in total. The molecule has 3 rings (SSSR count). The fourth-order valence-corrected chi connectivity index (χ4v) is 3.84. The monoisotopic (exact) mass is 494 g/mol.